The number of rotatable bonds is 8. The fraction of sp³-hybridized carbons (Fsp3) is 0.680. The fourth-order valence-corrected chi connectivity index (χ4v) is 4.71. The number of ketones is 1. The van der Waals surface area contributed by atoms with Crippen LogP contribution in [0.3, 0.4) is 0 Å². The maximum Gasteiger partial charge on any atom is 0.133 e. The van der Waals surface area contributed by atoms with Gasteiger partial charge in [0.05, 0.1) is 16.6 Å². The molecule has 0 saturated heterocycles. The predicted octanol–water partition coefficient (Wildman–Crippen LogP) is 6.15. The highest BCUT2D eigenvalue weighted by atomic mass is 19.1. The van der Waals surface area contributed by atoms with Gasteiger partial charge >= 0.3 is 0 Å². The zero-order chi connectivity index (χ0) is 22.3. The molecule has 166 valence electrons. The molecule has 1 aliphatic carbocycles. The number of Topliss-reactive ketones (excluding diaryl/α,β-unsaturated/α-hetero) is 1. The molecule has 4 nitrogen and oxygen atoms in total. The van der Waals surface area contributed by atoms with Crippen LogP contribution in [0.4, 0.5) is 4.39 Å². The Bertz CT molecular complexity index is 927. The van der Waals surface area contributed by atoms with Crippen molar-refractivity contribution in [3.05, 3.63) is 28.8 Å². The first-order valence-electron chi connectivity index (χ1n) is 11.3. The monoisotopic (exact) mass is 416 g/mol. The van der Waals surface area contributed by atoms with Gasteiger partial charge in [-0.15, -0.1) is 0 Å². The number of carbonyl (C=O) groups is 1. The van der Waals surface area contributed by atoms with Gasteiger partial charge in [-0.05, 0) is 63.9 Å². The molecular weight excluding hydrogens is 379 g/mol. The number of aromatic nitrogens is 2. The topological polar surface area (TPSA) is 55.1 Å². The Morgan fingerprint density at radius 2 is 1.90 bits per heavy atom. The van der Waals surface area contributed by atoms with Gasteiger partial charge in [0.1, 0.15) is 17.4 Å². The average Bonchev–Trinajstić information content (AvgIpc) is 2.85. The van der Waals surface area contributed by atoms with E-state index in [1.165, 1.54) is 12.5 Å². The number of aliphatic hydroxyl groups is 1. The lowest BCUT2D eigenvalue weighted by Crippen LogP contribution is -2.22. The van der Waals surface area contributed by atoms with Crippen molar-refractivity contribution in [2.45, 2.75) is 105 Å². The second-order valence-corrected chi connectivity index (χ2v) is 10.8. The van der Waals surface area contributed by atoms with Crippen molar-refractivity contribution >= 4 is 16.8 Å². The van der Waals surface area contributed by atoms with Gasteiger partial charge in [-0.25, -0.2) is 9.37 Å². The van der Waals surface area contributed by atoms with E-state index >= 15 is 0 Å². The molecular formula is C25H37FN2O2. The molecule has 0 unspecified atom stereocenters. The van der Waals surface area contributed by atoms with Crippen molar-refractivity contribution in [2.24, 2.45) is 5.41 Å². The van der Waals surface area contributed by atoms with Gasteiger partial charge in [0.2, 0.25) is 0 Å². The summed E-state index contributed by atoms with van der Waals surface area (Å²) in [6.07, 6.45) is 7.17. The minimum absolute atomic E-state index is 0.0368. The number of fused-ring (bicyclic) bond motifs is 1. The Labute approximate surface area is 179 Å². The van der Waals surface area contributed by atoms with E-state index < -0.39 is 11.4 Å². The molecule has 0 bridgehead atoms. The van der Waals surface area contributed by atoms with Crippen molar-refractivity contribution in [3.63, 3.8) is 0 Å². The molecule has 1 fully saturated rings. The summed E-state index contributed by atoms with van der Waals surface area (Å²) in [7, 11) is 0. The molecule has 0 amide bonds. The molecule has 1 saturated carbocycles. The van der Waals surface area contributed by atoms with Crippen molar-refractivity contribution < 1.29 is 14.3 Å². The number of nitrogens with zero attached hydrogens (tertiary/aromatic N) is 2. The van der Waals surface area contributed by atoms with Crippen molar-refractivity contribution in [1.82, 2.24) is 9.55 Å². The first kappa shape index (κ1) is 22.9. The molecule has 0 atom stereocenters. The van der Waals surface area contributed by atoms with Gasteiger partial charge in [-0.2, -0.15) is 0 Å². The van der Waals surface area contributed by atoms with Crippen LogP contribution in [0.1, 0.15) is 103 Å². The van der Waals surface area contributed by atoms with E-state index in [4.69, 9.17) is 4.98 Å². The highest BCUT2D eigenvalue weighted by molar-refractivity contribution is 5.82. The quantitative estimate of drug-likeness (QED) is 0.525. The smallest absolute Gasteiger partial charge is 0.133 e. The third-order valence-electron chi connectivity index (χ3n) is 6.13. The Balaban J connectivity index is 1.84. The van der Waals surface area contributed by atoms with Crippen LogP contribution in [-0.4, -0.2) is 20.4 Å². The Morgan fingerprint density at radius 1 is 1.23 bits per heavy atom. The van der Waals surface area contributed by atoms with E-state index in [1.54, 1.807) is 13.8 Å². The summed E-state index contributed by atoms with van der Waals surface area (Å²) in [5, 5.41) is 10.5. The zero-order valence-electron chi connectivity index (χ0n) is 19.4. The van der Waals surface area contributed by atoms with Gasteiger partial charge < -0.3 is 9.67 Å². The van der Waals surface area contributed by atoms with Gasteiger partial charge in [-0.3, -0.25) is 4.79 Å². The van der Waals surface area contributed by atoms with Crippen LogP contribution in [0, 0.1) is 18.2 Å². The normalized spacial score (nSPS) is 15.6. The largest absolute Gasteiger partial charge is 0.386 e. The van der Waals surface area contributed by atoms with Crippen LogP contribution < -0.4 is 0 Å². The molecule has 0 radical (unpaired) electrons. The van der Waals surface area contributed by atoms with Crippen molar-refractivity contribution in [1.29, 1.82) is 0 Å². The summed E-state index contributed by atoms with van der Waals surface area (Å²) in [6, 6.07) is 1.87. The summed E-state index contributed by atoms with van der Waals surface area (Å²) in [4.78, 5) is 17.0. The third-order valence-corrected chi connectivity index (χ3v) is 6.13. The van der Waals surface area contributed by atoms with Gasteiger partial charge in [0.25, 0.3) is 0 Å². The number of hydrogen-bond acceptors (Lipinski definition) is 3. The lowest BCUT2D eigenvalue weighted by Gasteiger charge is -2.30. The second kappa shape index (κ2) is 8.41. The molecule has 1 aliphatic rings. The number of imidazole rings is 1. The average molecular weight is 417 g/mol. The number of unbranched alkanes of at least 4 members (excludes halogenated alkanes) is 1. The van der Waals surface area contributed by atoms with Crippen LogP contribution in [0.5, 0.6) is 0 Å². The molecule has 30 heavy (non-hydrogen) atoms. The second-order valence-electron chi connectivity index (χ2n) is 10.8. The predicted molar refractivity (Wildman–Crippen MR) is 119 cm³/mol. The summed E-state index contributed by atoms with van der Waals surface area (Å²) >= 11 is 0. The maximum absolute atomic E-state index is 14.8. The first-order valence-corrected chi connectivity index (χ1v) is 11.3. The van der Waals surface area contributed by atoms with Crippen LogP contribution >= 0.6 is 0 Å². The molecule has 1 aromatic carbocycles. The number of aryl methyl sites for hydroxylation is 2. The van der Waals surface area contributed by atoms with E-state index in [-0.39, 0.29) is 5.41 Å². The molecule has 5 heteroatoms. The van der Waals surface area contributed by atoms with E-state index in [9.17, 15) is 14.3 Å². The van der Waals surface area contributed by atoms with Crippen molar-refractivity contribution in [3.8, 4) is 0 Å². The molecule has 2 aromatic rings. The number of hydrogen-bond donors (Lipinski definition) is 1. The zero-order valence-corrected chi connectivity index (χ0v) is 19.4. The summed E-state index contributed by atoms with van der Waals surface area (Å²) in [5.41, 5.74) is 1.55. The van der Waals surface area contributed by atoms with E-state index in [2.05, 4.69) is 25.3 Å². The number of benzene rings is 1. The molecule has 1 aromatic heterocycles. The van der Waals surface area contributed by atoms with Crippen molar-refractivity contribution in [2.75, 3.05) is 0 Å². The minimum atomic E-state index is -1.25. The minimum Gasteiger partial charge on any atom is -0.386 e. The van der Waals surface area contributed by atoms with Crippen LogP contribution in [0.15, 0.2) is 6.07 Å². The summed E-state index contributed by atoms with van der Waals surface area (Å²) < 4.78 is 17.1. The molecule has 1 N–H and O–H groups in total. The van der Waals surface area contributed by atoms with Crippen LogP contribution in [0.25, 0.3) is 11.0 Å². The van der Waals surface area contributed by atoms with E-state index in [0.717, 1.165) is 49.0 Å². The van der Waals surface area contributed by atoms with Gasteiger partial charge in [-0.1, -0.05) is 20.8 Å². The summed E-state index contributed by atoms with van der Waals surface area (Å²) in [6.45, 7) is 11.4. The maximum atomic E-state index is 14.8. The highest BCUT2D eigenvalue weighted by Crippen LogP contribution is 2.39. The van der Waals surface area contributed by atoms with Gasteiger partial charge in [0.15, 0.2) is 0 Å². The Hall–Kier alpha value is -1.75. The fourth-order valence-electron chi connectivity index (χ4n) is 4.71. The highest BCUT2D eigenvalue weighted by Gasteiger charge is 2.30. The Kier molecular flexibility index (Phi) is 6.43. The Morgan fingerprint density at radius 3 is 2.43 bits per heavy atom. The number of halogens is 1. The summed E-state index contributed by atoms with van der Waals surface area (Å²) in [5.74, 6) is 0.904. The van der Waals surface area contributed by atoms with E-state index in [1.807, 2.05) is 6.92 Å². The molecule has 3 rings (SSSR count). The SMILES string of the molecule is Cc1c(C(C)(C)O)c(F)cc2nc(CCCCC(=O)CC(C)(C)C)n(C3CCC3)c12. The van der Waals surface area contributed by atoms with Gasteiger partial charge in [0, 0.05) is 36.9 Å². The van der Waals surface area contributed by atoms with E-state index in [0.29, 0.717) is 35.7 Å². The number of carbonyl (C=O) groups excluding carboxylic acids is 1. The third kappa shape index (κ3) is 4.93. The van der Waals surface area contributed by atoms with Crippen LogP contribution in [0.2, 0.25) is 0 Å². The lowest BCUT2D eigenvalue weighted by molar-refractivity contribution is -0.120. The first-order chi connectivity index (χ1) is 13.9. The van der Waals surface area contributed by atoms with Crippen LogP contribution in [-0.2, 0) is 16.8 Å². The molecule has 1 heterocycles. The molecule has 0 aliphatic heterocycles. The molecule has 0 spiro atoms. The lowest BCUT2D eigenvalue weighted by atomic mass is 9.88. The standard InChI is InChI=1S/C25H37FN2O2/c1-16-22(25(5,6)30)19(26)14-20-23(16)28(17-10-9-11-17)21(27-20)13-8-7-12-18(29)15-24(2,3)4/h14,17,30H,7-13,15H2,1-6H3.